The van der Waals surface area contributed by atoms with Gasteiger partial charge in [0.1, 0.15) is 0 Å². The van der Waals surface area contributed by atoms with Crippen LogP contribution in [0.3, 0.4) is 0 Å². The van der Waals surface area contributed by atoms with Gasteiger partial charge in [0, 0.05) is 4.88 Å². The van der Waals surface area contributed by atoms with Crippen LogP contribution in [0, 0.1) is 17.2 Å². The van der Waals surface area contributed by atoms with Crippen molar-refractivity contribution >= 4 is 28.6 Å². The first-order chi connectivity index (χ1) is 9.11. The maximum Gasteiger partial charge on any atom is 0.0992 e. The third kappa shape index (κ3) is 3.28. The molecule has 0 aliphatic heterocycles. The van der Waals surface area contributed by atoms with Crippen molar-refractivity contribution in [3.63, 3.8) is 0 Å². The first-order valence-corrected chi connectivity index (χ1v) is 7.37. The van der Waals surface area contributed by atoms with E-state index >= 15 is 0 Å². The highest BCUT2D eigenvalue weighted by atomic mass is 35.5. The molecule has 2 rings (SSSR count). The smallest absolute Gasteiger partial charge is 0.0992 e. The summed E-state index contributed by atoms with van der Waals surface area (Å²) in [4.78, 5) is 1.27. The summed E-state index contributed by atoms with van der Waals surface area (Å²) < 4.78 is 0. The molecule has 0 aliphatic carbocycles. The molecule has 0 saturated carbocycles. The Morgan fingerprint density at radius 1 is 1.32 bits per heavy atom. The van der Waals surface area contributed by atoms with Gasteiger partial charge in [-0.3, -0.25) is 0 Å². The Morgan fingerprint density at radius 3 is 2.68 bits per heavy atom. The number of thiophene rings is 1. The van der Waals surface area contributed by atoms with Crippen molar-refractivity contribution in [2.24, 2.45) is 5.92 Å². The fourth-order valence-corrected chi connectivity index (χ4v) is 3.03. The van der Waals surface area contributed by atoms with Crippen molar-refractivity contribution in [3.05, 3.63) is 51.2 Å². The van der Waals surface area contributed by atoms with E-state index in [2.05, 4.69) is 36.7 Å². The van der Waals surface area contributed by atoms with Crippen molar-refractivity contribution < 1.29 is 0 Å². The monoisotopic (exact) mass is 290 g/mol. The molecule has 0 bridgehead atoms. The van der Waals surface area contributed by atoms with Gasteiger partial charge in [-0.15, -0.1) is 11.3 Å². The third-order valence-electron chi connectivity index (χ3n) is 2.92. The van der Waals surface area contributed by atoms with Crippen molar-refractivity contribution in [1.82, 2.24) is 0 Å². The third-order valence-corrected chi connectivity index (χ3v) is 4.21. The Bertz CT molecular complexity index is 585. The molecule has 0 spiro atoms. The quantitative estimate of drug-likeness (QED) is 0.852. The van der Waals surface area contributed by atoms with Crippen molar-refractivity contribution in [3.8, 4) is 6.07 Å². The second-order valence-corrected chi connectivity index (χ2v) is 6.07. The second kappa shape index (κ2) is 6.10. The topological polar surface area (TPSA) is 35.8 Å². The molecule has 0 amide bonds. The van der Waals surface area contributed by atoms with E-state index in [0.717, 1.165) is 5.69 Å². The van der Waals surface area contributed by atoms with Gasteiger partial charge in [-0.05, 0) is 35.6 Å². The van der Waals surface area contributed by atoms with Crippen LogP contribution in [0.4, 0.5) is 5.69 Å². The number of hydrogen-bond donors (Lipinski definition) is 1. The minimum Gasteiger partial charge on any atom is -0.376 e. The lowest BCUT2D eigenvalue weighted by molar-refractivity contribution is 0.554. The summed E-state index contributed by atoms with van der Waals surface area (Å²) in [7, 11) is 0. The van der Waals surface area contributed by atoms with Crippen LogP contribution in [0.2, 0.25) is 5.02 Å². The molecule has 98 valence electrons. The number of hydrogen-bond acceptors (Lipinski definition) is 3. The van der Waals surface area contributed by atoms with Crippen LogP contribution in [-0.2, 0) is 0 Å². The van der Waals surface area contributed by atoms with Gasteiger partial charge in [-0.2, -0.15) is 5.26 Å². The van der Waals surface area contributed by atoms with Gasteiger partial charge >= 0.3 is 0 Å². The van der Waals surface area contributed by atoms with E-state index in [-0.39, 0.29) is 6.04 Å². The summed E-state index contributed by atoms with van der Waals surface area (Å²) in [6.45, 7) is 4.33. The van der Waals surface area contributed by atoms with Gasteiger partial charge in [0.05, 0.1) is 28.4 Å². The Kier molecular flexibility index (Phi) is 4.47. The van der Waals surface area contributed by atoms with Crippen LogP contribution in [0.15, 0.2) is 35.7 Å². The predicted molar refractivity (Wildman–Crippen MR) is 81.7 cm³/mol. The zero-order chi connectivity index (χ0) is 13.8. The predicted octanol–water partition coefficient (Wildman–Crippen LogP) is 5.08. The van der Waals surface area contributed by atoms with Crippen molar-refractivity contribution in [1.29, 1.82) is 5.26 Å². The zero-order valence-electron chi connectivity index (χ0n) is 10.9. The maximum atomic E-state index is 8.96. The number of anilines is 1. The van der Waals surface area contributed by atoms with Crippen LogP contribution in [-0.4, -0.2) is 0 Å². The van der Waals surface area contributed by atoms with E-state index in [1.54, 1.807) is 29.5 Å². The SMILES string of the molecule is CC(C)C(Nc1cc(C#N)ccc1Cl)c1cccs1. The summed E-state index contributed by atoms with van der Waals surface area (Å²) in [6.07, 6.45) is 0. The summed E-state index contributed by atoms with van der Waals surface area (Å²) in [5.74, 6) is 0.431. The highest BCUT2D eigenvalue weighted by molar-refractivity contribution is 7.10. The largest absolute Gasteiger partial charge is 0.376 e. The number of nitrogens with zero attached hydrogens (tertiary/aromatic N) is 1. The van der Waals surface area contributed by atoms with Crippen molar-refractivity contribution in [2.75, 3.05) is 5.32 Å². The van der Waals surface area contributed by atoms with Crippen LogP contribution in [0.5, 0.6) is 0 Å². The average molecular weight is 291 g/mol. The van der Waals surface area contributed by atoms with E-state index < -0.39 is 0 Å². The lowest BCUT2D eigenvalue weighted by Gasteiger charge is -2.23. The van der Waals surface area contributed by atoms with E-state index in [1.807, 2.05) is 6.07 Å². The second-order valence-electron chi connectivity index (χ2n) is 4.69. The maximum absolute atomic E-state index is 8.96. The van der Waals surface area contributed by atoms with E-state index in [4.69, 9.17) is 16.9 Å². The van der Waals surface area contributed by atoms with Gasteiger partial charge in [0.2, 0.25) is 0 Å². The Morgan fingerprint density at radius 2 is 2.11 bits per heavy atom. The molecule has 1 N–H and O–H groups in total. The molecule has 1 aromatic carbocycles. The van der Waals surface area contributed by atoms with E-state index in [1.165, 1.54) is 4.88 Å². The number of nitrogens with one attached hydrogen (secondary N) is 1. The molecule has 0 aliphatic rings. The minimum atomic E-state index is 0.200. The molecule has 0 radical (unpaired) electrons. The Hall–Kier alpha value is -1.50. The lowest BCUT2D eigenvalue weighted by atomic mass is 10.0. The van der Waals surface area contributed by atoms with Gasteiger partial charge in [-0.1, -0.05) is 31.5 Å². The normalized spacial score (nSPS) is 12.2. The number of rotatable bonds is 4. The summed E-state index contributed by atoms with van der Waals surface area (Å²) in [5, 5.41) is 15.1. The van der Waals surface area contributed by atoms with Crippen LogP contribution >= 0.6 is 22.9 Å². The van der Waals surface area contributed by atoms with Crippen LogP contribution < -0.4 is 5.32 Å². The molecule has 1 atom stereocenters. The fraction of sp³-hybridized carbons (Fsp3) is 0.267. The van der Waals surface area contributed by atoms with Gasteiger partial charge in [0.15, 0.2) is 0 Å². The first kappa shape index (κ1) is 13.9. The average Bonchev–Trinajstić information content (AvgIpc) is 2.91. The number of benzene rings is 1. The summed E-state index contributed by atoms with van der Waals surface area (Å²) >= 11 is 7.92. The van der Waals surface area contributed by atoms with E-state index in [0.29, 0.717) is 16.5 Å². The minimum absolute atomic E-state index is 0.200. The molecule has 4 heteroatoms. The number of halogens is 1. The standard InChI is InChI=1S/C15H15ClN2S/c1-10(2)15(14-4-3-7-19-14)18-13-8-11(9-17)5-6-12(13)16/h3-8,10,15,18H,1-2H3. The van der Waals surface area contributed by atoms with Crippen molar-refractivity contribution in [2.45, 2.75) is 19.9 Å². The molecule has 1 heterocycles. The molecule has 1 aromatic heterocycles. The van der Waals surface area contributed by atoms with Gasteiger partial charge in [0.25, 0.3) is 0 Å². The summed E-state index contributed by atoms with van der Waals surface area (Å²) in [6, 6.07) is 11.8. The molecule has 2 nitrogen and oxygen atoms in total. The first-order valence-electron chi connectivity index (χ1n) is 6.11. The van der Waals surface area contributed by atoms with E-state index in [9.17, 15) is 0 Å². The molecular weight excluding hydrogens is 276 g/mol. The zero-order valence-corrected chi connectivity index (χ0v) is 12.4. The molecule has 0 fully saturated rings. The molecular formula is C15H15ClN2S. The molecule has 1 unspecified atom stereocenters. The fourth-order valence-electron chi connectivity index (χ4n) is 1.91. The highest BCUT2D eigenvalue weighted by Gasteiger charge is 2.17. The molecule has 2 aromatic rings. The number of nitriles is 1. The van der Waals surface area contributed by atoms with Gasteiger partial charge in [-0.25, -0.2) is 0 Å². The van der Waals surface area contributed by atoms with Crippen LogP contribution in [0.25, 0.3) is 0 Å². The Labute approximate surface area is 122 Å². The van der Waals surface area contributed by atoms with Crippen LogP contribution in [0.1, 0.15) is 30.3 Å². The molecule has 0 saturated heterocycles. The summed E-state index contributed by atoms with van der Waals surface area (Å²) in [5.41, 5.74) is 1.42. The van der Waals surface area contributed by atoms with Gasteiger partial charge < -0.3 is 5.32 Å². The highest BCUT2D eigenvalue weighted by Crippen LogP contribution is 2.32. The lowest BCUT2D eigenvalue weighted by Crippen LogP contribution is -2.15. The Balaban J connectivity index is 2.30. The molecule has 19 heavy (non-hydrogen) atoms.